The predicted molar refractivity (Wildman–Crippen MR) is 71.3 cm³/mol. The summed E-state index contributed by atoms with van der Waals surface area (Å²) in [7, 11) is 1.65. The second kappa shape index (κ2) is 7.12. The Bertz CT molecular complexity index is 557. The summed E-state index contributed by atoms with van der Waals surface area (Å²) in [5, 5.41) is 7.40. The third-order valence-electron chi connectivity index (χ3n) is 2.83. The van der Waals surface area contributed by atoms with Crippen LogP contribution in [-0.2, 0) is 17.8 Å². The van der Waals surface area contributed by atoms with Crippen LogP contribution >= 0.6 is 0 Å². The Morgan fingerprint density at radius 2 is 2.10 bits per heavy atom. The van der Waals surface area contributed by atoms with Crippen LogP contribution in [0.4, 0.5) is 8.78 Å². The monoisotopic (exact) mass is 281 g/mol. The van der Waals surface area contributed by atoms with Gasteiger partial charge in [-0.1, -0.05) is 6.07 Å². The van der Waals surface area contributed by atoms with Crippen molar-refractivity contribution in [1.29, 1.82) is 0 Å². The zero-order chi connectivity index (χ0) is 14.4. The molecule has 0 aliphatic heterocycles. The molecule has 0 spiro atoms. The molecule has 1 N–H and O–H groups in total. The molecule has 1 aromatic heterocycles. The summed E-state index contributed by atoms with van der Waals surface area (Å²) >= 11 is 0. The van der Waals surface area contributed by atoms with Crippen molar-refractivity contribution in [2.45, 2.75) is 13.1 Å². The highest BCUT2D eigenvalue weighted by Crippen LogP contribution is 2.10. The fourth-order valence-electron chi connectivity index (χ4n) is 1.82. The first-order valence-corrected chi connectivity index (χ1v) is 6.34. The van der Waals surface area contributed by atoms with Gasteiger partial charge < -0.3 is 10.1 Å². The third-order valence-corrected chi connectivity index (χ3v) is 2.83. The SMILES string of the molecule is COCCNCc1cnn(Cc2ccc(F)c(F)c2)c1. The van der Waals surface area contributed by atoms with Crippen LogP contribution in [0.25, 0.3) is 0 Å². The maximum atomic E-state index is 13.1. The molecule has 1 aromatic carbocycles. The zero-order valence-corrected chi connectivity index (χ0v) is 11.3. The number of nitrogens with one attached hydrogen (secondary N) is 1. The standard InChI is InChI=1S/C14H17F2N3O/c1-20-5-4-17-7-12-8-18-19(10-12)9-11-2-3-13(15)14(16)6-11/h2-3,6,8,10,17H,4-5,7,9H2,1H3. The van der Waals surface area contributed by atoms with E-state index in [1.54, 1.807) is 24.1 Å². The zero-order valence-electron chi connectivity index (χ0n) is 11.3. The molecule has 1 heterocycles. The maximum Gasteiger partial charge on any atom is 0.159 e. The Labute approximate surface area is 116 Å². The van der Waals surface area contributed by atoms with Crippen LogP contribution in [0.1, 0.15) is 11.1 Å². The largest absolute Gasteiger partial charge is 0.383 e. The smallest absolute Gasteiger partial charge is 0.159 e. The van der Waals surface area contributed by atoms with E-state index in [2.05, 4.69) is 10.4 Å². The highest BCUT2D eigenvalue weighted by atomic mass is 19.2. The molecule has 4 nitrogen and oxygen atoms in total. The first-order valence-electron chi connectivity index (χ1n) is 6.34. The second-order valence-electron chi connectivity index (χ2n) is 4.46. The van der Waals surface area contributed by atoms with E-state index in [-0.39, 0.29) is 0 Å². The van der Waals surface area contributed by atoms with Crippen molar-refractivity contribution < 1.29 is 13.5 Å². The Morgan fingerprint density at radius 3 is 2.85 bits per heavy atom. The van der Waals surface area contributed by atoms with Gasteiger partial charge in [0.25, 0.3) is 0 Å². The van der Waals surface area contributed by atoms with Crippen molar-refractivity contribution in [3.8, 4) is 0 Å². The predicted octanol–water partition coefficient (Wildman–Crippen LogP) is 1.95. The van der Waals surface area contributed by atoms with Gasteiger partial charge in [-0.3, -0.25) is 4.68 Å². The van der Waals surface area contributed by atoms with Crippen LogP contribution in [0.15, 0.2) is 30.6 Å². The molecular formula is C14H17F2N3O. The van der Waals surface area contributed by atoms with Gasteiger partial charge >= 0.3 is 0 Å². The molecule has 0 fully saturated rings. The first kappa shape index (κ1) is 14.6. The normalized spacial score (nSPS) is 10.9. The molecular weight excluding hydrogens is 264 g/mol. The maximum absolute atomic E-state index is 13.1. The average Bonchev–Trinajstić information content (AvgIpc) is 2.87. The molecule has 2 aromatic rings. The highest BCUT2D eigenvalue weighted by molar-refractivity contribution is 5.18. The van der Waals surface area contributed by atoms with Crippen LogP contribution in [0.2, 0.25) is 0 Å². The molecule has 0 saturated heterocycles. The number of hydrogen-bond donors (Lipinski definition) is 1. The van der Waals surface area contributed by atoms with Crippen LogP contribution in [0.5, 0.6) is 0 Å². The van der Waals surface area contributed by atoms with Crippen LogP contribution in [-0.4, -0.2) is 30.0 Å². The second-order valence-corrected chi connectivity index (χ2v) is 4.46. The lowest BCUT2D eigenvalue weighted by Gasteiger charge is -2.03. The lowest BCUT2D eigenvalue weighted by Crippen LogP contribution is -2.18. The molecule has 2 rings (SSSR count). The van der Waals surface area contributed by atoms with Gasteiger partial charge in [-0.05, 0) is 17.7 Å². The number of halogens is 2. The molecule has 0 amide bonds. The van der Waals surface area contributed by atoms with E-state index in [1.165, 1.54) is 6.07 Å². The quantitative estimate of drug-likeness (QED) is 0.788. The van der Waals surface area contributed by atoms with Crippen LogP contribution in [0.3, 0.4) is 0 Å². The molecule has 0 saturated carbocycles. The van der Waals surface area contributed by atoms with E-state index in [1.807, 2.05) is 6.20 Å². The van der Waals surface area contributed by atoms with Crippen molar-refractivity contribution in [2.24, 2.45) is 0 Å². The summed E-state index contributed by atoms with van der Waals surface area (Å²) < 4.78 is 32.6. The molecule has 0 bridgehead atoms. The van der Waals surface area contributed by atoms with Gasteiger partial charge in [0.05, 0.1) is 19.3 Å². The van der Waals surface area contributed by atoms with Gasteiger partial charge in [-0.2, -0.15) is 5.10 Å². The van der Waals surface area contributed by atoms with E-state index in [0.29, 0.717) is 25.3 Å². The van der Waals surface area contributed by atoms with E-state index in [0.717, 1.165) is 18.2 Å². The van der Waals surface area contributed by atoms with Gasteiger partial charge in [-0.15, -0.1) is 0 Å². The van der Waals surface area contributed by atoms with Gasteiger partial charge in [0, 0.05) is 32.0 Å². The minimum atomic E-state index is -0.837. The lowest BCUT2D eigenvalue weighted by molar-refractivity contribution is 0.199. The lowest BCUT2D eigenvalue weighted by atomic mass is 10.2. The Hall–Kier alpha value is -1.79. The molecule has 0 atom stereocenters. The molecule has 0 unspecified atom stereocenters. The summed E-state index contributed by atoms with van der Waals surface area (Å²) in [4.78, 5) is 0. The molecule has 20 heavy (non-hydrogen) atoms. The molecule has 0 aliphatic carbocycles. The summed E-state index contributed by atoms with van der Waals surface area (Å²) in [6.07, 6.45) is 3.63. The number of nitrogens with zero attached hydrogens (tertiary/aromatic N) is 2. The van der Waals surface area contributed by atoms with E-state index in [4.69, 9.17) is 4.74 Å². The van der Waals surface area contributed by atoms with Crippen molar-refractivity contribution >= 4 is 0 Å². The number of ether oxygens (including phenoxy) is 1. The number of aromatic nitrogens is 2. The topological polar surface area (TPSA) is 39.1 Å². The highest BCUT2D eigenvalue weighted by Gasteiger charge is 2.04. The van der Waals surface area contributed by atoms with Gasteiger partial charge in [0.1, 0.15) is 0 Å². The minimum absolute atomic E-state index is 0.412. The van der Waals surface area contributed by atoms with Crippen molar-refractivity contribution in [3.63, 3.8) is 0 Å². The van der Waals surface area contributed by atoms with Crippen molar-refractivity contribution in [3.05, 3.63) is 53.4 Å². The van der Waals surface area contributed by atoms with E-state index >= 15 is 0 Å². The summed E-state index contributed by atoms with van der Waals surface area (Å²) in [6.45, 7) is 2.53. The van der Waals surface area contributed by atoms with Crippen molar-refractivity contribution in [2.75, 3.05) is 20.3 Å². The van der Waals surface area contributed by atoms with Gasteiger partial charge in [-0.25, -0.2) is 8.78 Å². The molecule has 6 heteroatoms. The summed E-state index contributed by atoms with van der Waals surface area (Å²) in [5.41, 5.74) is 1.70. The Morgan fingerprint density at radius 1 is 1.25 bits per heavy atom. The number of methoxy groups -OCH3 is 1. The molecule has 0 aliphatic rings. The van der Waals surface area contributed by atoms with Crippen LogP contribution < -0.4 is 5.32 Å². The summed E-state index contributed by atoms with van der Waals surface area (Å²) in [5.74, 6) is -1.67. The van der Waals surface area contributed by atoms with Gasteiger partial charge in [0.15, 0.2) is 11.6 Å². The Kier molecular flexibility index (Phi) is 5.20. The van der Waals surface area contributed by atoms with Crippen molar-refractivity contribution in [1.82, 2.24) is 15.1 Å². The fourth-order valence-corrected chi connectivity index (χ4v) is 1.82. The van der Waals surface area contributed by atoms with E-state index < -0.39 is 11.6 Å². The first-order chi connectivity index (χ1) is 9.69. The number of rotatable bonds is 7. The number of benzene rings is 1. The summed E-state index contributed by atoms with van der Waals surface area (Å²) in [6, 6.07) is 3.87. The number of hydrogen-bond acceptors (Lipinski definition) is 3. The molecule has 0 radical (unpaired) electrons. The van der Waals surface area contributed by atoms with Crippen LogP contribution in [0, 0.1) is 11.6 Å². The third kappa shape index (κ3) is 4.11. The average molecular weight is 281 g/mol. The van der Waals surface area contributed by atoms with Gasteiger partial charge in [0.2, 0.25) is 0 Å². The Balaban J connectivity index is 1.90. The fraction of sp³-hybridized carbons (Fsp3) is 0.357. The van der Waals surface area contributed by atoms with E-state index in [9.17, 15) is 8.78 Å². The minimum Gasteiger partial charge on any atom is -0.383 e. The molecule has 108 valence electrons.